The van der Waals surface area contributed by atoms with Crippen LogP contribution in [0, 0.1) is 12.8 Å². The fraction of sp³-hybridized carbons (Fsp3) is 0.276. The van der Waals surface area contributed by atoms with E-state index in [1.165, 1.54) is 0 Å². The van der Waals surface area contributed by atoms with Crippen molar-refractivity contribution in [3.63, 3.8) is 0 Å². The number of sulfonamides is 1. The van der Waals surface area contributed by atoms with E-state index in [4.69, 9.17) is 4.74 Å². The van der Waals surface area contributed by atoms with Crippen LogP contribution in [0.2, 0.25) is 0 Å². The highest BCUT2D eigenvalue weighted by Gasteiger charge is 2.37. The van der Waals surface area contributed by atoms with Gasteiger partial charge in [-0.1, -0.05) is 36.4 Å². The smallest absolute Gasteiger partial charge is 0.265 e. The number of benzene rings is 2. The van der Waals surface area contributed by atoms with Gasteiger partial charge in [0.15, 0.2) is 0 Å². The van der Waals surface area contributed by atoms with E-state index in [-0.39, 0.29) is 0 Å². The Morgan fingerprint density at radius 2 is 1.87 bits per heavy atom. The fourth-order valence-corrected chi connectivity index (χ4v) is 6.85. The van der Waals surface area contributed by atoms with Crippen molar-refractivity contribution in [3.8, 4) is 27.3 Å². The summed E-state index contributed by atoms with van der Waals surface area (Å²) in [4.78, 5) is 23.0. The third-order valence-electron chi connectivity index (χ3n) is 6.96. The number of fused-ring (bicyclic) bond motifs is 1. The summed E-state index contributed by atoms with van der Waals surface area (Å²) in [5, 5.41) is 0.581. The van der Waals surface area contributed by atoms with Gasteiger partial charge in [-0.15, -0.1) is 11.3 Å². The maximum Gasteiger partial charge on any atom is 0.265 e. The lowest BCUT2D eigenvalue weighted by molar-refractivity contribution is 0.0982. The highest BCUT2D eigenvalue weighted by Crippen LogP contribution is 2.35. The van der Waals surface area contributed by atoms with E-state index in [1.54, 1.807) is 23.5 Å². The number of pyridine rings is 1. The Morgan fingerprint density at radius 1 is 1.05 bits per heavy atom. The molecule has 0 radical (unpaired) electrons. The zero-order chi connectivity index (χ0) is 26.3. The van der Waals surface area contributed by atoms with Crippen molar-refractivity contribution >= 4 is 27.3 Å². The second kappa shape index (κ2) is 9.96. The predicted octanol–water partition coefficient (Wildman–Crippen LogP) is 5.20. The number of thiazole rings is 1. The standard InChI is InChI=1S/C29H27N3O4S2/c1-18-30-16-28(37-18)22-8-9-23(31-15-22)13-19-12-21-7-6-20(14-27(21)36-17-19)25-4-2-3-5-26(25)29(33)32-38(34,35)24-10-11-24/h2-9,14-16,19,24H,10-13,17H2,1H3,(H,32,33)/t19-/m0/s1. The minimum atomic E-state index is -3.63. The van der Waals surface area contributed by atoms with Crippen LogP contribution in [0.25, 0.3) is 21.6 Å². The van der Waals surface area contributed by atoms with Crippen LogP contribution in [0.1, 0.15) is 39.5 Å². The number of aryl methyl sites for hydroxylation is 1. The quantitative estimate of drug-likeness (QED) is 0.343. The van der Waals surface area contributed by atoms with E-state index in [1.807, 2.05) is 49.6 Å². The monoisotopic (exact) mass is 545 g/mol. The predicted molar refractivity (Wildman–Crippen MR) is 148 cm³/mol. The number of nitrogens with one attached hydrogen (secondary N) is 1. The van der Waals surface area contributed by atoms with E-state index in [0.717, 1.165) is 50.9 Å². The molecule has 7 nitrogen and oxygen atoms in total. The SMILES string of the molecule is Cc1ncc(-c2ccc(C[C@H]3COc4cc(-c5ccccc5C(=O)NS(=O)(=O)C5CC5)ccc4C3)nc2)s1. The van der Waals surface area contributed by atoms with Gasteiger partial charge in [-0.3, -0.25) is 9.78 Å². The second-order valence-corrected chi connectivity index (χ2v) is 13.1. The van der Waals surface area contributed by atoms with Gasteiger partial charge in [-0.2, -0.15) is 0 Å². The summed E-state index contributed by atoms with van der Waals surface area (Å²) in [7, 11) is -3.63. The first-order valence-corrected chi connectivity index (χ1v) is 15.0. The largest absolute Gasteiger partial charge is 0.493 e. The van der Waals surface area contributed by atoms with Gasteiger partial charge in [0.2, 0.25) is 10.0 Å². The average Bonchev–Trinajstić information content (AvgIpc) is 3.70. The van der Waals surface area contributed by atoms with Gasteiger partial charge in [0.25, 0.3) is 5.91 Å². The minimum absolute atomic E-state index is 0.308. The number of ether oxygens (including phenoxy) is 1. The Bertz CT molecular complexity index is 1610. The highest BCUT2D eigenvalue weighted by atomic mass is 32.2. The van der Waals surface area contributed by atoms with Crippen LogP contribution in [-0.4, -0.2) is 36.1 Å². The number of carbonyl (C=O) groups is 1. The Hall–Kier alpha value is -3.56. The summed E-state index contributed by atoms with van der Waals surface area (Å²) in [5.41, 5.74) is 5.03. The molecule has 2 aliphatic rings. The van der Waals surface area contributed by atoms with Crippen molar-refractivity contribution in [1.29, 1.82) is 0 Å². The van der Waals surface area contributed by atoms with E-state index in [9.17, 15) is 13.2 Å². The molecule has 0 spiro atoms. The van der Waals surface area contributed by atoms with Gasteiger partial charge >= 0.3 is 0 Å². The number of nitrogens with zero attached hydrogens (tertiary/aromatic N) is 2. The molecule has 0 saturated heterocycles. The molecule has 1 saturated carbocycles. The molecular formula is C29H27N3O4S2. The van der Waals surface area contributed by atoms with Crippen LogP contribution < -0.4 is 9.46 Å². The molecule has 38 heavy (non-hydrogen) atoms. The van der Waals surface area contributed by atoms with Gasteiger partial charge in [0, 0.05) is 35.1 Å². The minimum Gasteiger partial charge on any atom is -0.493 e. The Balaban J connectivity index is 1.16. The van der Waals surface area contributed by atoms with Gasteiger partial charge in [0.05, 0.1) is 21.7 Å². The molecule has 1 amide bonds. The van der Waals surface area contributed by atoms with Crippen molar-refractivity contribution in [2.24, 2.45) is 5.92 Å². The van der Waals surface area contributed by atoms with Gasteiger partial charge in [-0.25, -0.2) is 18.1 Å². The van der Waals surface area contributed by atoms with Crippen LogP contribution in [0.5, 0.6) is 5.75 Å². The molecule has 2 aromatic carbocycles. The first kappa shape index (κ1) is 24.8. The normalized spacial score (nSPS) is 16.9. The molecule has 1 atom stereocenters. The molecule has 9 heteroatoms. The highest BCUT2D eigenvalue weighted by molar-refractivity contribution is 7.91. The number of hydrogen-bond acceptors (Lipinski definition) is 7. The molecule has 1 fully saturated rings. The maximum atomic E-state index is 12.9. The number of amides is 1. The molecule has 2 aromatic heterocycles. The molecule has 194 valence electrons. The molecule has 1 aliphatic carbocycles. The Morgan fingerprint density at radius 3 is 2.61 bits per heavy atom. The third kappa shape index (κ3) is 5.21. The first-order valence-electron chi connectivity index (χ1n) is 12.6. The second-order valence-electron chi connectivity index (χ2n) is 9.91. The van der Waals surface area contributed by atoms with E-state index < -0.39 is 21.2 Å². The van der Waals surface area contributed by atoms with Crippen molar-refractivity contribution in [2.45, 2.75) is 37.9 Å². The van der Waals surface area contributed by atoms with Crippen LogP contribution in [0.3, 0.4) is 0 Å². The first-order chi connectivity index (χ1) is 18.4. The van der Waals surface area contributed by atoms with E-state index in [0.29, 0.717) is 36.5 Å². The molecule has 0 unspecified atom stereocenters. The summed E-state index contributed by atoms with van der Waals surface area (Å²) in [6.45, 7) is 2.58. The van der Waals surface area contributed by atoms with Crippen molar-refractivity contribution in [2.75, 3.05) is 6.61 Å². The molecule has 4 aromatic rings. The van der Waals surface area contributed by atoms with Crippen LogP contribution in [-0.2, 0) is 22.9 Å². The zero-order valence-electron chi connectivity index (χ0n) is 20.9. The maximum absolute atomic E-state index is 12.9. The topological polar surface area (TPSA) is 98.2 Å². The van der Waals surface area contributed by atoms with Gasteiger partial charge in [-0.05, 0) is 67.5 Å². The number of carbonyl (C=O) groups excluding carboxylic acids is 1. The molecule has 1 aliphatic heterocycles. The zero-order valence-corrected chi connectivity index (χ0v) is 22.5. The molecule has 1 N–H and O–H groups in total. The molecule has 6 rings (SSSR count). The van der Waals surface area contributed by atoms with Gasteiger partial charge in [0.1, 0.15) is 5.75 Å². The molecule has 0 bridgehead atoms. The lowest BCUT2D eigenvalue weighted by Crippen LogP contribution is -2.33. The third-order valence-corrected chi connectivity index (χ3v) is 9.74. The van der Waals surface area contributed by atoms with Crippen LogP contribution in [0.4, 0.5) is 0 Å². The van der Waals surface area contributed by atoms with Crippen molar-refractivity contribution in [3.05, 3.63) is 88.8 Å². The van der Waals surface area contributed by atoms with E-state index in [2.05, 4.69) is 26.8 Å². The molecule has 3 heterocycles. The number of rotatable bonds is 7. The lowest BCUT2D eigenvalue weighted by Gasteiger charge is -2.26. The Labute approximate surface area is 226 Å². The van der Waals surface area contributed by atoms with E-state index >= 15 is 0 Å². The van der Waals surface area contributed by atoms with Gasteiger partial charge < -0.3 is 4.74 Å². The van der Waals surface area contributed by atoms with Crippen LogP contribution in [0.15, 0.2) is 67.0 Å². The van der Waals surface area contributed by atoms with Crippen molar-refractivity contribution in [1.82, 2.24) is 14.7 Å². The summed E-state index contributed by atoms with van der Waals surface area (Å²) in [6, 6.07) is 17.2. The number of hydrogen-bond donors (Lipinski definition) is 1. The lowest BCUT2D eigenvalue weighted by atomic mass is 9.90. The summed E-state index contributed by atoms with van der Waals surface area (Å²) in [6.07, 6.45) is 6.69. The van der Waals surface area contributed by atoms with Crippen LogP contribution >= 0.6 is 11.3 Å². The summed E-state index contributed by atoms with van der Waals surface area (Å²) >= 11 is 1.66. The fourth-order valence-electron chi connectivity index (χ4n) is 4.79. The summed E-state index contributed by atoms with van der Waals surface area (Å²) in [5.74, 6) is 0.502. The Kier molecular flexibility index (Phi) is 6.49. The summed E-state index contributed by atoms with van der Waals surface area (Å²) < 4.78 is 33.0. The number of aromatic nitrogens is 2. The molecular weight excluding hydrogens is 518 g/mol. The van der Waals surface area contributed by atoms with Crippen molar-refractivity contribution < 1.29 is 17.9 Å². The average molecular weight is 546 g/mol.